The first kappa shape index (κ1) is 16.1. The highest BCUT2D eigenvalue weighted by Crippen LogP contribution is 2.27. The van der Waals surface area contributed by atoms with E-state index in [1.807, 2.05) is 18.2 Å². The minimum Gasteiger partial charge on any atom is -0.497 e. The molecular formula is C15H12BrIO4. The molecule has 0 radical (unpaired) electrons. The van der Waals surface area contributed by atoms with Crippen molar-refractivity contribution in [2.45, 2.75) is 6.61 Å². The number of carbonyl (C=O) groups is 1. The van der Waals surface area contributed by atoms with Crippen LogP contribution in [0, 0.1) is 3.57 Å². The summed E-state index contributed by atoms with van der Waals surface area (Å²) in [5.74, 6) is 0.315. The van der Waals surface area contributed by atoms with Gasteiger partial charge in [0.1, 0.15) is 18.1 Å². The Labute approximate surface area is 144 Å². The molecule has 0 bridgehead atoms. The van der Waals surface area contributed by atoms with Gasteiger partial charge in [0.05, 0.1) is 16.2 Å². The molecule has 0 saturated heterocycles. The molecule has 0 heterocycles. The molecule has 0 unspecified atom stereocenters. The molecule has 0 aliphatic carbocycles. The molecule has 0 saturated carbocycles. The zero-order valence-electron chi connectivity index (χ0n) is 11.1. The van der Waals surface area contributed by atoms with E-state index in [1.54, 1.807) is 19.2 Å². The van der Waals surface area contributed by atoms with Crippen molar-refractivity contribution in [3.63, 3.8) is 0 Å². The van der Waals surface area contributed by atoms with E-state index in [9.17, 15) is 4.79 Å². The van der Waals surface area contributed by atoms with Gasteiger partial charge in [-0.3, -0.25) is 0 Å². The van der Waals surface area contributed by atoms with Crippen LogP contribution in [-0.4, -0.2) is 18.2 Å². The highest BCUT2D eigenvalue weighted by atomic mass is 127. The van der Waals surface area contributed by atoms with Crippen LogP contribution in [0.15, 0.2) is 40.9 Å². The van der Waals surface area contributed by atoms with Gasteiger partial charge in [0.15, 0.2) is 0 Å². The van der Waals surface area contributed by atoms with E-state index >= 15 is 0 Å². The Morgan fingerprint density at radius 1 is 1.29 bits per heavy atom. The molecule has 2 aromatic carbocycles. The standard InChI is InChI=1S/C15H12BrIO4/c1-20-11-3-4-12(16)10(6-11)8-21-14-7-9(15(18)19)2-5-13(14)17/h2-7H,8H2,1H3,(H,18,19). The summed E-state index contributed by atoms with van der Waals surface area (Å²) in [6.45, 7) is 0.316. The van der Waals surface area contributed by atoms with E-state index in [0.29, 0.717) is 12.4 Å². The third-order valence-corrected chi connectivity index (χ3v) is 4.48. The summed E-state index contributed by atoms with van der Waals surface area (Å²) in [5, 5.41) is 9.02. The summed E-state index contributed by atoms with van der Waals surface area (Å²) in [7, 11) is 1.60. The summed E-state index contributed by atoms with van der Waals surface area (Å²) < 4.78 is 12.7. The molecule has 2 aromatic rings. The summed E-state index contributed by atoms with van der Waals surface area (Å²) in [6, 6.07) is 10.4. The van der Waals surface area contributed by atoms with Gasteiger partial charge in [0.2, 0.25) is 0 Å². The van der Waals surface area contributed by atoms with Crippen LogP contribution < -0.4 is 9.47 Å². The van der Waals surface area contributed by atoms with E-state index in [1.165, 1.54) is 6.07 Å². The number of halogens is 2. The van der Waals surface area contributed by atoms with Crippen LogP contribution >= 0.6 is 38.5 Å². The van der Waals surface area contributed by atoms with Gasteiger partial charge in [0.25, 0.3) is 0 Å². The number of methoxy groups -OCH3 is 1. The minimum absolute atomic E-state index is 0.204. The molecule has 0 amide bonds. The molecule has 21 heavy (non-hydrogen) atoms. The van der Waals surface area contributed by atoms with Crippen LogP contribution in [-0.2, 0) is 6.61 Å². The summed E-state index contributed by atoms with van der Waals surface area (Å²) in [6.07, 6.45) is 0. The number of carboxylic acid groups (broad SMARTS) is 1. The molecular weight excluding hydrogens is 451 g/mol. The molecule has 4 nitrogen and oxygen atoms in total. The third kappa shape index (κ3) is 4.10. The van der Waals surface area contributed by atoms with E-state index in [0.717, 1.165) is 19.4 Å². The smallest absolute Gasteiger partial charge is 0.335 e. The lowest BCUT2D eigenvalue weighted by Gasteiger charge is -2.11. The maximum atomic E-state index is 11.0. The van der Waals surface area contributed by atoms with E-state index in [2.05, 4.69) is 38.5 Å². The first-order valence-electron chi connectivity index (χ1n) is 5.99. The lowest BCUT2D eigenvalue weighted by atomic mass is 10.2. The number of carboxylic acids is 1. The maximum absolute atomic E-state index is 11.0. The number of rotatable bonds is 5. The van der Waals surface area contributed by atoms with Crippen LogP contribution in [0.2, 0.25) is 0 Å². The van der Waals surface area contributed by atoms with Crippen molar-refractivity contribution < 1.29 is 19.4 Å². The van der Waals surface area contributed by atoms with Crippen molar-refractivity contribution in [3.8, 4) is 11.5 Å². The molecule has 110 valence electrons. The van der Waals surface area contributed by atoms with Crippen molar-refractivity contribution in [1.29, 1.82) is 0 Å². The largest absolute Gasteiger partial charge is 0.497 e. The fourth-order valence-corrected chi connectivity index (χ4v) is 2.54. The number of hydrogen-bond donors (Lipinski definition) is 1. The second-order valence-corrected chi connectivity index (χ2v) is 6.21. The number of aromatic carboxylic acids is 1. The predicted octanol–water partition coefficient (Wildman–Crippen LogP) is 4.34. The van der Waals surface area contributed by atoms with Crippen LogP contribution in [0.3, 0.4) is 0 Å². The zero-order valence-corrected chi connectivity index (χ0v) is 14.8. The van der Waals surface area contributed by atoms with Gasteiger partial charge in [-0.05, 0) is 59.0 Å². The van der Waals surface area contributed by atoms with Crippen molar-refractivity contribution in [3.05, 3.63) is 55.6 Å². The van der Waals surface area contributed by atoms with Crippen LogP contribution in [0.1, 0.15) is 15.9 Å². The lowest BCUT2D eigenvalue weighted by Crippen LogP contribution is -2.01. The second kappa shape index (κ2) is 7.13. The topological polar surface area (TPSA) is 55.8 Å². The molecule has 0 fully saturated rings. The Balaban J connectivity index is 2.20. The molecule has 2 rings (SSSR count). The molecule has 6 heteroatoms. The van der Waals surface area contributed by atoms with Crippen molar-refractivity contribution >= 4 is 44.5 Å². The van der Waals surface area contributed by atoms with Gasteiger partial charge in [-0.15, -0.1) is 0 Å². The zero-order chi connectivity index (χ0) is 15.4. The summed E-state index contributed by atoms with van der Waals surface area (Å²) >= 11 is 5.57. The van der Waals surface area contributed by atoms with Gasteiger partial charge in [-0.2, -0.15) is 0 Å². The van der Waals surface area contributed by atoms with E-state index < -0.39 is 5.97 Å². The Kier molecular flexibility index (Phi) is 5.46. The van der Waals surface area contributed by atoms with Gasteiger partial charge in [0, 0.05) is 10.0 Å². The highest BCUT2D eigenvalue weighted by molar-refractivity contribution is 14.1. The van der Waals surface area contributed by atoms with Crippen molar-refractivity contribution in [2.75, 3.05) is 7.11 Å². The minimum atomic E-state index is -0.973. The average molecular weight is 463 g/mol. The maximum Gasteiger partial charge on any atom is 0.335 e. The van der Waals surface area contributed by atoms with Gasteiger partial charge in [-0.1, -0.05) is 15.9 Å². The molecule has 0 aliphatic rings. The Morgan fingerprint density at radius 2 is 2.05 bits per heavy atom. The molecule has 0 aromatic heterocycles. The van der Waals surface area contributed by atoms with Crippen molar-refractivity contribution in [1.82, 2.24) is 0 Å². The van der Waals surface area contributed by atoms with Crippen molar-refractivity contribution in [2.24, 2.45) is 0 Å². The predicted molar refractivity (Wildman–Crippen MR) is 91.1 cm³/mol. The monoisotopic (exact) mass is 462 g/mol. The third-order valence-electron chi connectivity index (χ3n) is 2.81. The normalized spacial score (nSPS) is 10.2. The molecule has 1 N–H and O–H groups in total. The van der Waals surface area contributed by atoms with E-state index in [-0.39, 0.29) is 5.56 Å². The summed E-state index contributed by atoms with van der Waals surface area (Å²) in [5.41, 5.74) is 1.13. The molecule has 0 spiro atoms. The lowest BCUT2D eigenvalue weighted by molar-refractivity contribution is 0.0696. The molecule has 0 atom stereocenters. The van der Waals surface area contributed by atoms with Crippen LogP contribution in [0.5, 0.6) is 11.5 Å². The second-order valence-electron chi connectivity index (χ2n) is 4.20. The SMILES string of the molecule is COc1ccc(Br)c(COc2cc(C(=O)O)ccc2I)c1. The highest BCUT2D eigenvalue weighted by Gasteiger charge is 2.09. The Hall–Kier alpha value is -1.28. The van der Waals surface area contributed by atoms with Gasteiger partial charge in [-0.25, -0.2) is 4.79 Å². The first-order valence-corrected chi connectivity index (χ1v) is 7.86. The first-order chi connectivity index (χ1) is 10.0. The number of ether oxygens (including phenoxy) is 2. The quantitative estimate of drug-likeness (QED) is 0.671. The number of hydrogen-bond acceptors (Lipinski definition) is 3. The van der Waals surface area contributed by atoms with Crippen LogP contribution in [0.25, 0.3) is 0 Å². The Bertz CT molecular complexity index is 673. The van der Waals surface area contributed by atoms with Gasteiger partial charge < -0.3 is 14.6 Å². The fourth-order valence-electron chi connectivity index (χ4n) is 1.69. The fraction of sp³-hybridized carbons (Fsp3) is 0.133. The van der Waals surface area contributed by atoms with Crippen LogP contribution in [0.4, 0.5) is 0 Å². The number of benzene rings is 2. The van der Waals surface area contributed by atoms with E-state index in [4.69, 9.17) is 14.6 Å². The Morgan fingerprint density at radius 3 is 2.71 bits per heavy atom. The summed E-state index contributed by atoms with van der Waals surface area (Å²) in [4.78, 5) is 11.0. The van der Waals surface area contributed by atoms with Gasteiger partial charge >= 0.3 is 5.97 Å². The average Bonchev–Trinajstić information content (AvgIpc) is 2.47. The molecule has 0 aliphatic heterocycles.